The summed E-state index contributed by atoms with van der Waals surface area (Å²) in [5.41, 5.74) is 1.07. The Morgan fingerprint density at radius 1 is 0.912 bits per heavy atom. The first-order valence-corrected chi connectivity index (χ1v) is 13.1. The molecule has 3 aromatic rings. The summed E-state index contributed by atoms with van der Waals surface area (Å²) in [4.78, 5) is 27.0. The first-order chi connectivity index (χ1) is 16.4. The van der Waals surface area contributed by atoms with Crippen molar-refractivity contribution in [3.8, 4) is 0 Å². The third kappa shape index (κ3) is 5.29. The topological polar surface area (TPSA) is 95.6 Å². The van der Waals surface area contributed by atoms with E-state index in [1.807, 2.05) is 30.0 Å². The number of carbonyl (C=O) groups is 2. The number of rotatable bonds is 7. The molecule has 0 atom stereocenters. The summed E-state index contributed by atoms with van der Waals surface area (Å²) < 4.78 is 29.4. The fourth-order valence-electron chi connectivity index (χ4n) is 4.33. The molecular weight excluding hydrogens is 450 g/mol. The van der Waals surface area contributed by atoms with Crippen molar-refractivity contribution >= 4 is 38.3 Å². The minimum atomic E-state index is -3.82. The van der Waals surface area contributed by atoms with E-state index in [-0.39, 0.29) is 22.8 Å². The quantitative estimate of drug-likeness (QED) is 0.532. The number of carbonyl (C=O) groups excluding carboxylic acids is 2. The van der Waals surface area contributed by atoms with Gasteiger partial charge in [0.15, 0.2) is 0 Å². The molecule has 8 heteroatoms. The molecule has 1 aliphatic heterocycles. The average molecular weight is 480 g/mol. The molecule has 1 aliphatic rings. The van der Waals surface area contributed by atoms with E-state index in [4.69, 9.17) is 0 Å². The van der Waals surface area contributed by atoms with Gasteiger partial charge in [-0.05, 0) is 48.9 Å². The maximum Gasteiger partial charge on any atom is 0.256 e. The Kier molecular flexibility index (Phi) is 7.29. The summed E-state index contributed by atoms with van der Waals surface area (Å²) in [6, 6.07) is 19.0. The van der Waals surface area contributed by atoms with Crippen LogP contribution in [0.1, 0.15) is 43.0 Å². The van der Waals surface area contributed by atoms with Gasteiger partial charge in [-0.15, -0.1) is 0 Å². The van der Waals surface area contributed by atoms with Gasteiger partial charge in [-0.2, -0.15) is 0 Å². The van der Waals surface area contributed by atoms with E-state index in [2.05, 4.69) is 10.0 Å². The molecule has 4 rings (SSSR count). The zero-order valence-corrected chi connectivity index (χ0v) is 20.0. The van der Waals surface area contributed by atoms with E-state index in [9.17, 15) is 18.0 Å². The lowest BCUT2D eigenvalue weighted by atomic mass is 10.0. The van der Waals surface area contributed by atoms with Crippen molar-refractivity contribution in [2.24, 2.45) is 0 Å². The highest BCUT2D eigenvalue weighted by molar-refractivity contribution is 7.89. The fourth-order valence-corrected chi connectivity index (χ4v) is 5.84. The molecule has 2 N–H and O–H groups in total. The monoisotopic (exact) mass is 479 g/mol. The highest BCUT2D eigenvalue weighted by Gasteiger charge is 2.28. The Morgan fingerprint density at radius 2 is 1.56 bits per heavy atom. The van der Waals surface area contributed by atoms with Crippen molar-refractivity contribution in [1.29, 1.82) is 0 Å². The molecule has 1 saturated heterocycles. The molecule has 0 radical (unpaired) electrons. The Morgan fingerprint density at radius 3 is 2.24 bits per heavy atom. The summed E-state index contributed by atoms with van der Waals surface area (Å²) in [5, 5.41) is 3.92. The van der Waals surface area contributed by atoms with Gasteiger partial charge in [0.05, 0.1) is 4.90 Å². The Hall–Kier alpha value is -3.23. The minimum Gasteiger partial charge on any atom is -0.343 e. The van der Waals surface area contributed by atoms with Crippen LogP contribution in [0.25, 0.3) is 10.8 Å². The molecule has 34 heavy (non-hydrogen) atoms. The summed E-state index contributed by atoms with van der Waals surface area (Å²) in [7, 11) is -3.82. The van der Waals surface area contributed by atoms with Crippen molar-refractivity contribution < 1.29 is 18.0 Å². The van der Waals surface area contributed by atoms with Gasteiger partial charge in [0.2, 0.25) is 15.9 Å². The Labute approximate surface area is 200 Å². The van der Waals surface area contributed by atoms with E-state index >= 15 is 0 Å². The molecule has 178 valence electrons. The first-order valence-electron chi connectivity index (χ1n) is 11.6. The lowest BCUT2D eigenvalue weighted by Crippen LogP contribution is -2.46. The molecule has 1 fully saturated rings. The van der Waals surface area contributed by atoms with E-state index in [0.717, 1.165) is 6.42 Å². The molecule has 0 unspecified atom stereocenters. The van der Waals surface area contributed by atoms with E-state index < -0.39 is 10.0 Å². The highest BCUT2D eigenvalue weighted by atomic mass is 32.2. The molecule has 1 heterocycles. The number of sulfonamides is 1. The third-order valence-electron chi connectivity index (χ3n) is 6.08. The van der Waals surface area contributed by atoms with Crippen LogP contribution in [0.3, 0.4) is 0 Å². The largest absolute Gasteiger partial charge is 0.343 e. The predicted octanol–water partition coefficient (Wildman–Crippen LogP) is 4.16. The molecule has 0 spiro atoms. The normalized spacial score (nSPS) is 14.8. The van der Waals surface area contributed by atoms with Crippen LogP contribution >= 0.6 is 0 Å². The van der Waals surface area contributed by atoms with Crippen molar-refractivity contribution in [3.05, 3.63) is 72.3 Å². The Balaban J connectivity index is 1.54. The van der Waals surface area contributed by atoms with Gasteiger partial charge in [0.1, 0.15) is 0 Å². The number of hydrogen-bond donors (Lipinski definition) is 2. The van der Waals surface area contributed by atoms with Crippen LogP contribution in [0.2, 0.25) is 0 Å². The number of benzene rings is 3. The van der Waals surface area contributed by atoms with Crippen molar-refractivity contribution in [2.45, 2.75) is 43.5 Å². The minimum absolute atomic E-state index is 0.124. The van der Waals surface area contributed by atoms with Gasteiger partial charge < -0.3 is 10.2 Å². The summed E-state index contributed by atoms with van der Waals surface area (Å²) >= 11 is 0. The number of fused-ring (bicyclic) bond motifs is 1. The number of nitrogens with one attached hydrogen (secondary N) is 2. The number of nitrogens with zero attached hydrogens (tertiary/aromatic N) is 1. The smallest absolute Gasteiger partial charge is 0.256 e. The van der Waals surface area contributed by atoms with Crippen LogP contribution in [0.5, 0.6) is 0 Å². The zero-order valence-electron chi connectivity index (χ0n) is 19.2. The van der Waals surface area contributed by atoms with E-state index in [0.29, 0.717) is 54.4 Å². The molecule has 0 bridgehead atoms. The van der Waals surface area contributed by atoms with Gasteiger partial charge in [-0.25, -0.2) is 13.1 Å². The average Bonchev–Trinajstić information content (AvgIpc) is 2.84. The van der Waals surface area contributed by atoms with Crippen LogP contribution in [0.4, 0.5) is 5.69 Å². The van der Waals surface area contributed by atoms with Gasteiger partial charge >= 0.3 is 0 Å². The zero-order chi connectivity index (χ0) is 24.1. The van der Waals surface area contributed by atoms with Gasteiger partial charge in [-0.3, -0.25) is 9.59 Å². The number of likely N-dealkylation sites (tertiary alicyclic amines) is 1. The molecule has 3 aromatic carbocycles. The van der Waals surface area contributed by atoms with Crippen LogP contribution in [-0.2, 0) is 14.8 Å². The molecule has 7 nitrogen and oxygen atoms in total. The second-order valence-corrected chi connectivity index (χ2v) is 10.2. The van der Waals surface area contributed by atoms with E-state index in [1.54, 1.807) is 42.5 Å². The number of amides is 2. The van der Waals surface area contributed by atoms with Crippen LogP contribution < -0.4 is 10.0 Å². The van der Waals surface area contributed by atoms with Gasteiger partial charge in [0.25, 0.3) is 5.91 Å². The predicted molar refractivity (Wildman–Crippen MR) is 133 cm³/mol. The molecule has 0 aromatic heterocycles. The highest BCUT2D eigenvalue weighted by Crippen LogP contribution is 2.28. The van der Waals surface area contributed by atoms with Crippen LogP contribution in [0, 0.1) is 0 Å². The summed E-state index contributed by atoms with van der Waals surface area (Å²) in [6.45, 7) is 3.07. The van der Waals surface area contributed by atoms with Gasteiger partial charge in [-0.1, -0.05) is 49.4 Å². The van der Waals surface area contributed by atoms with Crippen molar-refractivity contribution in [1.82, 2.24) is 9.62 Å². The number of piperidine rings is 1. The maximum atomic E-state index is 13.3. The number of para-hydroxylation sites is 1. The van der Waals surface area contributed by atoms with E-state index in [1.165, 1.54) is 6.07 Å². The third-order valence-corrected chi connectivity index (χ3v) is 7.66. The second kappa shape index (κ2) is 10.4. The Bertz CT molecular complexity index is 1280. The van der Waals surface area contributed by atoms with Crippen LogP contribution in [0.15, 0.2) is 71.6 Å². The van der Waals surface area contributed by atoms with Crippen molar-refractivity contribution in [2.75, 3.05) is 18.4 Å². The summed E-state index contributed by atoms with van der Waals surface area (Å²) in [6.07, 6.45) is 2.47. The van der Waals surface area contributed by atoms with Gasteiger partial charge in [0, 0.05) is 42.2 Å². The molecular formula is C26H29N3O4S. The van der Waals surface area contributed by atoms with Crippen molar-refractivity contribution in [3.63, 3.8) is 0 Å². The fraction of sp³-hybridized carbons (Fsp3) is 0.308. The maximum absolute atomic E-state index is 13.3. The summed E-state index contributed by atoms with van der Waals surface area (Å²) in [5.74, 6) is -0.178. The molecule has 0 saturated carbocycles. The number of anilines is 1. The second-order valence-electron chi connectivity index (χ2n) is 8.50. The molecule has 0 aliphatic carbocycles. The number of hydrogen-bond acceptors (Lipinski definition) is 4. The van der Waals surface area contributed by atoms with Crippen LogP contribution in [-0.4, -0.2) is 44.3 Å². The SMILES string of the molecule is CCCC(=O)N1CCC(NS(=O)(=O)c2ccc(C(=O)Nc3ccccc3)c3ccccc23)CC1. The first kappa shape index (κ1) is 23.9. The standard InChI is InChI=1S/C26H29N3O4S/c1-2-8-25(30)29-17-15-20(16-18-29)28-34(32,33)24-14-13-23(21-11-6-7-12-22(21)24)26(31)27-19-9-4-3-5-10-19/h3-7,9-14,20,28H,2,8,15-18H2,1H3,(H,27,31). The lowest BCUT2D eigenvalue weighted by Gasteiger charge is -2.32. The molecule has 2 amide bonds. The lowest BCUT2D eigenvalue weighted by molar-refractivity contribution is -0.132.